The van der Waals surface area contributed by atoms with E-state index in [1.807, 2.05) is 0 Å². The van der Waals surface area contributed by atoms with Crippen LogP contribution in [0.25, 0.3) is 0 Å². The van der Waals surface area contributed by atoms with Gasteiger partial charge in [0.15, 0.2) is 0 Å². The topological polar surface area (TPSA) is 12.0 Å². The highest BCUT2D eigenvalue weighted by Crippen LogP contribution is 2.28. The predicted octanol–water partition coefficient (Wildman–Crippen LogP) is 4.09. The minimum atomic E-state index is 0.604. The quantitative estimate of drug-likeness (QED) is 0.850. The molecule has 2 heteroatoms. The summed E-state index contributed by atoms with van der Waals surface area (Å²) in [5, 5.41) is 8.26. The molecule has 1 aliphatic carbocycles. The Bertz CT molecular complexity index is 310. The summed E-state index contributed by atoms with van der Waals surface area (Å²) in [5.74, 6) is 1.79. The lowest BCUT2D eigenvalue weighted by atomic mass is 9.80. The van der Waals surface area contributed by atoms with Crippen molar-refractivity contribution in [2.45, 2.75) is 58.5 Å². The highest BCUT2D eigenvalue weighted by Gasteiger charge is 2.24. The lowest BCUT2D eigenvalue weighted by molar-refractivity contribution is 0.227. The monoisotopic (exact) mass is 251 g/mol. The zero-order chi connectivity index (χ0) is 12.3. The highest BCUT2D eigenvalue weighted by atomic mass is 32.1. The van der Waals surface area contributed by atoms with Crippen LogP contribution in [0, 0.1) is 11.8 Å². The molecule has 0 saturated heterocycles. The van der Waals surface area contributed by atoms with Gasteiger partial charge in [-0.3, -0.25) is 0 Å². The van der Waals surface area contributed by atoms with E-state index in [0.717, 1.165) is 17.9 Å². The van der Waals surface area contributed by atoms with Crippen molar-refractivity contribution in [3.05, 3.63) is 22.4 Å². The van der Waals surface area contributed by atoms with E-state index < -0.39 is 0 Å². The van der Waals surface area contributed by atoms with Crippen LogP contribution in [0.1, 0.15) is 45.6 Å². The molecule has 1 fully saturated rings. The molecule has 96 valence electrons. The van der Waals surface area contributed by atoms with Crippen LogP contribution in [0.2, 0.25) is 0 Å². The molecule has 17 heavy (non-hydrogen) atoms. The summed E-state index contributed by atoms with van der Waals surface area (Å²) in [4.78, 5) is 0. The number of nitrogens with one attached hydrogen (secondary N) is 1. The second-order valence-electron chi connectivity index (χ2n) is 6.02. The third-order valence-corrected chi connectivity index (χ3v) is 4.55. The second kappa shape index (κ2) is 6.01. The largest absolute Gasteiger partial charge is 0.311 e. The lowest BCUT2D eigenvalue weighted by Gasteiger charge is -2.34. The maximum Gasteiger partial charge on any atom is 0.00820 e. The van der Waals surface area contributed by atoms with Crippen LogP contribution in [0.15, 0.2) is 16.8 Å². The molecule has 1 aliphatic rings. The molecule has 0 bridgehead atoms. The van der Waals surface area contributed by atoms with Gasteiger partial charge in [-0.2, -0.15) is 11.3 Å². The first-order chi connectivity index (χ1) is 8.13. The third kappa shape index (κ3) is 4.11. The fourth-order valence-electron chi connectivity index (χ4n) is 3.31. The smallest absolute Gasteiger partial charge is 0.00820 e. The summed E-state index contributed by atoms with van der Waals surface area (Å²) in [6.07, 6.45) is 5.30. The van der Waals surface area contributed by atoms with Gasteiger partial charge in [-0.05, 0) is 66.8 Å². The molecule has 3 atom stereocenters. The van der Waals surface area contributed by atoms with Crippen molar-refractivity contribution in [2.24, 2.45) is 11.8 Å². The zero-order valence-corrected chi connectivity index (χ0v) is 12.1. The molecule has 1 aromatic rings. The summed E-state index contributed by atoms with van der Waals surface area (Å²) >= 11 is 1.80. The van der Waals surface area contributed by atoms with Gasteiger partial charge in [0.2, 0.25) is 0 Å². The van der Waals surface area contributed by atoms with E-state index in [1.54, 1.807) is 11.3 Å². The van der Waals surface area contributed by atoms with Crippen LogP contribution in [-0.4, -0.2) is 12.1 Å². The molecule has 1 N–H and O–H groups in total. The van der Waals surface area contributed by atoms with E-state index in [-0.39, 0.29) is 0 Å². The first-order valence-corrected chi connectivity index (χ1v) is 7.85. The van der Waals surface area contributed by atoms with Crippen molar-refractivity contribution in [1.29, 1.82) is 0 Å². The van der Waals surface area contributed by atoms with E-state index in [4.69, 9.17) is 0 Å². The number of hydrogen-bond acceptors (Lipinski definition) is 2. The van der Waals surface area contributed by atoms with Crippen molar-refractivity contribution in [3.63, 3.8) is 0 Å². The molecular formula is C15H25NS. The summed E-state index contributed by atoms with van der Waals surface area (Å²) in [5.41, 5.74) is 1.48. The van der Waals surface area contributed by atoms with E-state index >= 15 is 0 Å². The first-order valence-electron chi connectivity index (χ1n) is 6.90. The van der Waals surface area contributed by atoms with E-state index in [2.05, 4.69) is 42.9 Å². The minimum Gasteiger partial charge on any atom is -0.311 e. The van der Waals surface area contributed by atoms with Crippen molar-refractivity contribution in [3.8, 4) is 0 Å². The maximum absolute atomic E-state index is 3.82. The Morgan fingerprint density at radius 2 is 2.00 bits per heavy atom. The highest BCUT2D eigenvalue weighted by molar-refractivity contribution is 7.07. The Hall–Kier alpha value is -0.340. The van der Waals surface area contributed by atoms with Gasteiger partial charge in [-0.1, -0.05) is 13.8 Å². The average molecular weight is 251 g/mol. The van der Waals surface area contributed by atoms with Gasteiger partial charge >= 0.3 is 0 Å². The Kier molecular flexibility index (Phi) is 4.63. The molecule has 2 rings (SSSR count). The van der Waals surface area contributed by atoms with Crippen molar-refractivity contribution < 1.29 is 0 Å². The molecule has 0 aromatic carbocycles. The standard InChI is InChI=1S/C15H25NS/c1-11-6-12(2)8-15(7-11)16-13(3)9-14-4-5-17-10-14/h4-5,10-13,15-16H,6-9H2,1-3H3. The fourth-order valence-corrected chi connectivity index (χ4v) is 3.99. The Morgan fingerprint density at radius 1 is 1.29 bits per heavy atom. The molecule has 0 aliphatic heterocycles. The Labute approximate surface area is 110 Å². The predicted molar refractivity (Wildman–Crippen MR) is 76.6 cm³/mol. The third-order valence-electron chi connectivity index (χ3n) is 3.82. The summed E-state index contributed by atoms with van der Waals surface area (Å²) in [6, 6.07) is 3.59. The minimum absolute atomic E-state index is 0.604. The lowest BCUT2D eigenvalue weighted by Crippen LogP contribution is -2.42. The Morgan fingerprint density at radius 3 is 2.59 bits per heavy atom. The zero-order valence-electron chi connectivity index (χ0n) is 11.3. The van der Waals surface area contributed by atoms with Crippen LogP contribution in [0.3, 0.4) is 0 Å². The van der Waals surface area contributed by atoms with Crippen molar-refractivity contribution >= 4 is 11.3 Å². The SMILES string of the molecule is CC1CC(C)CC(NC(C)Cc2ccsc2)C1. The molecule has 0 amide bonds. The molecular weight excluding hydrogens is 226 g/mol. The second-order valence-corrected chi connectivity index (χ2v) is 6.80. The van der Waals surface area contributed by atoms with E-state index in [0.29, 0.717) is 6.04 Å². The van der Waals surface area contributed by atoms with Gasteiger partial charge in [-0.25, -0.2) is 0 Å². The molecule has 1 aromatic heterocycles. The summed E-state index contributed by atoms with van der Waals surface area (Å²) in [6.45, 7) is 7.11. The number of rotatable bonds is 4. The van der Waals surface area contributed by atoms with Gasteiger partial charge < -0.3 is 5.32 Å². The molecule has 1 heterocycles. The van der Waals surface area contributed by atoms with Crippen LogP contribution in [0.4, 0.5) is 0 Å². The average Bonchev–Trinajstić information content (AvgIpc) is 2.67. The van der Waals surface area contributed by atoms with E-state index in [9.17, 15) is 0 Å². The van der Waals surface area contributed by atoms with Crippen molar-refractivity contribution in [1.82, 2.24) is 5.32 Å². The summed E-state index contributed by atoms with van der Waals surface area (Å²) in [7, 11) is 0. The van der Waals surface area contributed by atoms with Gasteiger partial charge in [0, 0.05) is 12.1 Å². The fraction of sp³-hybridized carbons (Fsp3) is 0.733. The van der Waals surface area contributed by atoms with Crippen LogP contribution in [0.5, 0.6) is 0 Å². The molecule has 3 unspecified atom stereocenters. The molecule has 0 spiro atoms. The first kappa shape index (κ1) is 13.1. The summed E-state index contributed by atoms with van der Waals surface area (Å²) < 4.78 is 0. The maximum atomic E-state index is 3.82. The van der Waals surface area contributed by atoms with Gasteiger partial charge in [0.1, 0.15) is 0 Å². The molecule has 0 radical (unpaired) electrons. The van der Waals surface area contributed by atoms with Crippen LogP contribution >= 0.6 is 11.3 Å². The van der Waals surface area contributed by atoms with Crippen LogP contribution < -0.4 is 5.32 Å². The Balaban J connectivity index is 1.79. The van der Waals surface area contributed by atoms with Crippen molar-refractivity contribution in [2.75, 3.05) is 0 Å². The normalized spacial score (nSPS) is 31.4. The van der Waals surface area contributed by atoms with Crippen LogP contribution in [-0.2, 0) is 6.42 Å². The molecule has 1 saturated carbocycles. The van der Waals surface area contributed by atoms with E-state index in [1.165, 1.54) is 31.2 Å². The molecule has 1 nitrogen and oxygen atoms in total. The number of hydrogen-bond donors (Lipinski definition) is 1. The van der Waals surface area contributed by atoms with Gasteiger partial charge in [-0.15, -0.1) is 0 Å². The van der Waals surface area contributed by atoms with Gasteiger partial charge in [0.05, 0.1) is 0 Å². The van der Waals surface area contributed by atoms with Gasteiger partial charge in [0.25, 0.3) is 0 Å². The number of thiophene rings is 1.